The molecule has 3 amide bonds. The number of benzene rings is 2. The highest BCUT2D eigenvalue weighted by atomic mass is 35.5. The van der Waals surface area contributed by atoms with Gasteiger partial charge >= 0.3 is 0 Å². The van der Waals surface area contributed by atoms with E-state index >= 15 is 0 Å². The summed E-state index contributed by atoms with van der Waals surface area (Å²) in [6, 6.07) is 10.3. The van der Waals surface area contributed by atoms with Crippen molar-refractivity contribution in [1.82, 2.24) is 4.90 Å². The van der Waals surface area contributed by atoms with Crippen LogP contribution in [0.4, 0.5) is 5.69 Å². The smallest absolute Gasteiger partial charge is 0.261 e. The molecule has 3 rings (SSSR count). The van der Waals surface area contributed by atoms with Gasteiger partial charge in [0, 0.05) is 23.7 Å². The molecule has 1 heterocycles. The minimum absolute atomic E-state index is 0.0285. The third-order valence-electron chi connectivity index (χ3n) is 4.24. The van der Waals surface area contributed by atoms with Gasteiger partial charge in [-0.1, -0.05) is 29.8 Å². The normalized spacial score (nSPS) is 13.2. The van der Waals surface area contributed by atoms with Gasteiger partial charge in [0.15, 0.2) is 0 Å². The first kappa shape index (κ1) is 17.2. The monoisotopic (exact) mass is 356 g/mol. The van der Waals surface area contributed by atoms with Crippen molar-refractivity contribution in [3.8, 4) is 0 Å². The summed E-state index contributed by atoms with van der Waals surface area (Å²) in [6.07, 6.45) is 0.0347. The van der Waals surface area contributed by atoms with E-state index in [0.29, 0.717) is 10.6 Å². The Morgan fingerprint density at radius 3 is 2.36 bits per heavy atom. The van der Waals surface area contributed by atoms with Crippen LogP contribution in [0.15, 0.2) is 36.4 Å². The van der Waals surface area contributed by atoms with Crippen molar-refractivity contribution >= 4 is 35.0 Å². The van der Waals surface area contributed by atoms with Crippen molar-refractivity contribution in [2.45, 2.75) is 20.3 Å². The number of amides is 3. The van der Waals surface area contributed by atoms with Crippen LogP contribution in [-0.4, -0.2) is 29.2 Å². The summed E-state index contributed by atoms with van der Waals surface area (Å²) >= 11 is 5.89. The van der Waals surface area contributed by atoms with Gasteiger partial charge in [0.05, 0.1) is 11.1 Å². The molecule has 6 heteroatoms. The zero-order valence-corrected chi connectivity index (χ0v) is 14.7. The van der Waals surface area contributed by atoms with Crippen LogP contribution in [0.1, 0.15) is 38.3 Å². The summed E-state index contributed by atoms with van der Waals surface area (Å²) in [5.41, 5.74) is 3.30. The molecule has 128 valence electrons. The van der Waals surface area contributed by atoms with Crippen molar-refractivity contribution in [2.75, 3.05) is 11.9 Å². The van der Waals surface area contributed by atoms with Gasteiger partial charge in [0.25, 0.3) is 11.8 Å². The fourth-order valence-corrected chi connectivity index (χ4v) is 3.07. The zero-order chi connectivity index (χ0) is 18.1. The number of carbonyl (C=O) groups is 3. The molecule has 2 aromatic rings. The lowest BCUT2D eigenvalue weighted by Gasteiger charge is -2.15. The highest BCUT2D eigenvalue weighted by molar-refractivity contribution is 6.32. The standard InChI is InChI=1S/C19H17ClN2O3/c1-11-4-3-5-12(2)17(11)21-16(23)8-9-22-18(24)14-7-6-13(20)10-15(14)19(22)25/h3-7,10H,8-9H2,1-2H3,(H,21,23). The Hall–Kier alpha value is -2.66. The summed E-state index contributed by atoms with van der Waals surface area (Å²) in [4.78, 5) is 38.0. The van der Waals surface area contributed by atoms with E-state index in [4.69, 9.17) is 11.6 Å². The van der Waals surface area contributed by atoms with E-state index < -0.39 is 11.8 Å². The second kappa shape index (κ2) is 6.69. The molecule has 0 saturated heterocycles. The van der Waals surface area contributed by atoms with Crippen LogP contribution in [0.2, 0.25) is 5.02 Å². The van der Waals surface area contributed by atoms with Crippen molar-refractivity contribution < 1.29 is 14.4 Å². The third-order valence-corrected chi connectivity index (χ3v) is 4.48. The number of para-hydroxylation sites is 1. The first-order valence-corrected chi connectivity index (χ1v) is 8.28. The van der Waals surface area contributed by atoms with Gasteiger partial charge in [-0.3, -0.25) is 19.3 Å². The number of nitrogens with zero attached hydrogens (tertiary/aromatic N) is 1. The molecule has 25 heavy (non-hydrogen) atoms. The number of nitrogens with one attached hydrogen (secondary N) is 1. The van der Waals surface area contributed by atoms with E-state index in [1.54, 1.807) is 6.07 Å². The first-order valence-electron chi connectivity index (χ1n) is 7.90. The average Bonchev–Trinajstić information content (AvgIpc) is 2.80. The molecule has 1 aliphatic heterocycles. The lowest BCUT2D eigenvalue weighted by Crippen LogP contribution is -2.33. The molecule has 0 bridgehead atoms. The molecule has 1 aliphatic rings. The van der Waals surface area contributed by atoms with Gasteiger partial charge < -0.3 is 5.32 Å². The number of rotatable bonds is 4. The first-order chi connectivity index (χ1) is 11.9. The van der Waals surface area contributed by atoms with Gasteiger partial charge in [0.2, 0.25) is 5.91 Å². The van der Waals surface area contributed by atoms with E-state index in [-0.39, 0.29) is 24.4 Å². The van der Waals surface area contributed by atoms with Crippen molar-refractivity contribution in [2.24, 2.45) is 0 Å². The summed E-state index contributed by atoms with van der Waals surface area (Å²) in [6.45, 7) is 3.85. The quantitative estimate of drug-likeness (QED) is 0.851. The van der Waals surface area contributed by atoms with Crippen molar-refractivity contribution in [3.05, 3.63) is 63.7 Å². The topological polar surface area (TPSA) is 66.5 Å². The predicted molar refractivity (Wildman–Crippen MR) is 96.0 cm³/mol. The van der Waals surface area contributed by atoms with Gasteiger partial charge in [-0.05, 0) is 43.2 Å². The molecule has 5 nitrogen and oxygen atoms in total. The second-order valence-electron chi connectivity index (χ2n) is 6.02. The Labute approximate surface area is 150 Å². The SMILES string of the molecule is Cc1cccc(C)c1NC(=O)CCN1C(=O)c2ccc(Cl)cc2C1=O. The maximum atomic E-state index is 12.4. The van der Waals surface area contributed by atoms with Crippen LogP contribution in [0.3, 0.4) is 0 Å². The number of hydrogen-bond donors (Lipinski definition) is 1. The Balaban J connectivity index is 1.67. The highest BCUT2D eigenvalue weighted by Gasteiger charge is 2.35. The largest absolute Gasteiger partial charge is 0.326 e. The molecule has 1 N–H and O–H groups in total. The number of halogens is 1. The number of hydrogen-bond acceptors (Lipinski definition) is 3. The second-order valence-corrected chi connectivity index (χ2v) is 6.45. The maximum Gasteiger partial charge on any atom is 0.261 e. The molecule has 0 aromatic heterocycles. The van der Waals surface area contributed by atoms with Crippen LogP contribution < -0.4 is 5.32 Å². The lowest BCUT2D eigenvalue weighted by atomic mass is 10.1. The molecule has 0 unspecified atom stereocenters. The van der Waals surface area contributed by atoms with Gasteiger partial charge in [-0.15, -0.1) is 0 Å². The molecule has 2 aromatic carbocycles. The minimum atomic E-state index is -0.414. The third kappa shape index (κ3) is 3.28. The minimum Gasteiger partial charge on any atom is -0.326 e. The summed E-state index contributed by atoms with van der Waals surface area (Å²) < 4.78 is 0. The van der Waals surface area contributed by atoms with Crippen LogP contribution in [0, 0.1) is 13.8 Å². The van der Waals surface area contributed by atoms with Crippen molar-refractivity contribution in [3.63, 3.8) is 0 Å². The molecule has 0 spiro atoms. The van der Waals surface area contributed by atoms with E-state index in [9.17, 15) is 14.4 Å². The number of imide groups is 1. The molecular weight excluding hydrogens is 340 g/mol. The molecule has 0 fully saturated rings. The van der Waals surface area contributed by atoms with Crippen LogP contribution in [-0.2, 0) is 4.79 Å². The zero-order valence-electron chi connectivity index (χ0n) is 13.9. The van der Waals surface area contributed by atoms with Crippen molar-refractivity contribution in [1.29, 1.82) is 0 Å². The summed E-state index contributed by atoms with van der Waals surface area (Å²) in [5, 5.41) is 3.25. The van der Waals surface area contributed by atoms with E-state index in [1.165, 1.54) is 12.1 Å². The number of anilines is 1. The number of fused-ring (bicyclic) bond motifs is 1. The highest BCUT2D eigenvalue weighted by Crippen LogP contribution is 2.26. The average molecular weight is 357 g/mol. The maximum absolute atomic E-state index is 12.4. The van der Waals surface area contributed by atoms with E-state index in [0.717, 1.165) is 21.7 Å². The van der Waals surface area contributed by atoms with E-state index in [1.807, 2.05) is 32.0 Å². The van der Waals surface area contributed by atoms with Crippen LogP contribution in [0.5, 0.6) is 0 Å². The molecule has 0 saturated carbocycles. The van der Waals surface area contributed by atoms with Crippen LogP contribution in [0.25, 0.3) is 0 Å². The molecule has 0 aliphatic carbocycles. The van der Waals surface area contributed by atoms with Gasteiger partial charge in [0.1, 0.15) is 0 Å². The number of carbonyl (C=O) groups excluding carboxylic acids is 3. The fraction of sp³-hybridized carbons (Fsp3) is 0.211. The van der Waals surface area contributed by atoms with Gasteiger partial charge in [-0.25, -0.2) is 0 Å². The molecule has 0 radical (unpaired) electrons. The predicted octanol–water partition coefficient (Wildman–Crippen LogP) is 3.58. The Morgan fingerprint density at radius 1 is 1.04 bits per heavy atom. The summed E-state index contributed by atoms with van der Waals surface area (Å²) in [7, 11) is 0. The van der Waals surface area contributed by atoms with Crippen LogP contribution >= 0.6 is 11.6 Å². The Kier molecular flexibility index (Phi) is 4.59. The van der Waals surface area contributed by atoms with E-state index in [2.05, 4.69) is 5.32 Å². The molecular formula is C19H17ClN2O3. The fourth-order valence-electron chi connectivity index (χ4n) is 2.89. The number of aryl methyl sites for hydroxylation is 2. The van der Waals surface area contributed by atoms with Gasteiger partial charge in [-0.2, -0.15) is 0 Å². The molecule has 0 atom stereocenters. The Bertz CT molecular complexity index is 872. The Morgan fingerprint density at radius 2 is 1.68 bits per heavy atom. The summed E-state index contributed by atoms with van der Waals surface area (Å²) in [5.74, 6) is -1.05. The lowest BCUT2D eigenvalue weighted by molar-refractivity contribution is -0.116.